The molecule has 0 atom stereocenters. The van der Waals surface area contributed by atoms with E-state index in [9.17, 15) is 0 Å². The number of hydrogen-bond acceptors (Lipinski definition) is 3. The summed E-state index contributed by atoms with van der Waals surface area (Å²) in [6, 6.07) is 6.63. The minimum atomic E-state index is -1.98. The third-order valence-electron chi connectivity index (χ3n) is 8.21. The summed E-state index contributed by atoms with van der Waals surface area (Å²) < 4.78 is 13.6. The van der Waals surface area contributed by atoms with E-state index in [-0.39, 0.29) is 10.1 Å². The van der Waals surface area contributed by atoms with E-state index in [4.69, 9.17) is 8.85 Å². The second-order valence-corrected chi connectivity index (χ2v) is 28.6. The molecule has 0 heterocycles. The first-order valence-corrected chi connectivity index (χ1v) is 21.1. The predicted octanol–water partition coefficient (Wildman–Crippen LogP) is 8.59. The van der Waals surface area contributed by atoms with Crippen LogP contribution in [0.1, 0.15) is 67.9 Å². The maximum Gasteiger partial charge on any atom is 0.250 e. The molecule has 32 heavy (non-hydrogen) atoms. The molecule has 0 unspecified atom stereocenters. The van der Waals surface area contributed by atoms with Crippen molar-refractivity contribution in [1.82, 2.24) is 4.98 Å². The summed E-state index contributed by atoms with van der Waals surface area (Å²) in [5.74, 6) is 1.86. The summed E-state index contributed by atoms with van der Waals surface area (Å²) >= 11 is 0. The van der Waals surface area contributed by atoms with Crippen LogP contribution in [0.2, 0.25) is 54.4 Å². The largest absolute Gasteiger partial charge is 0.541 e. The van der Waals surface area contributed by atoms with Gasteiger partial charge in [0.05, 0.1) is 0 Å². The Morgan fingerprint density at radius 3 is 1.50 bits per heavy atom. The average Bonchev–Trinajstić information content (AvgIpc) is 2.53. The molecule has 0 fully saturated rings. The fraction of sp³-hybridized carbons (Fsp3) is 0.769. The molecule has 0 aliphatic carbocycles. The van der Waals surface area contributed by atoms with Gasteiger partial charge in [-0.2, -0.15) is 0 Å². The van der Waals surface area contributed by atoms with Gasteiger partial charge in [0.2, 0.25) is 0 Å². The first-order chi connectivity index (χ1) is 14.0. The van der Waals surface area contributed by atoms with E-state index in [1.807, 2.05) is 0 Å². The standard InChI is InChI=1S/C26H53NO2Si3/c1-24(2,3)30(10,11)27-19-18-21-16-17-22(28-31(12,13)25(4,5)6)23(20-21)29-32(14,15)26(7,8)9/h16-17,20,27H,18-19H2,1-15H3. The smallest absolute Gasteiger partial charge is 0.250 e. The molecule has 0 amide bonds. The summed E-state index contributed by atoms with van der Waals surface area (Å²) in [7, 11) is -5.43. The van der Waals surface area contributed by atoms with Gasteiger partial charge in [0.1, 0.15) is 19.7 Å². The molecular weight excluding hydrogens is 443 g/mol. The van der Waals surface area contributed by atoms with Crippen molar-refractivity contribution >= 4 is 24.9 Å². The van der Waals surface area contributed by atoms with Gasteiger partial charge < -0.3 is 13.8 Å². The fourth-order valence-electron chi connectivity index (χ4n) is 2.51. The summed E-state index contributed by atoms with van der Waals surface area (Å²) in [4.78, 5) is 3.89. The lowest BCUT2D eigenvalue weighted by atomic mass is 10.1. The van der Waals surface area contributed by atoms with Gasteiger partial charge in [-0.05, 0) is 72.0 Å². The molecule has 186 valence electrons. The third kappa shape index (κ3) is 7.47. The molecular formula is C26H53NO2Si3. The highest BCUT2D eigenvalue weighted by Gasteiger charge is 2.42. The highest BCUT2D eigenvalue weighted by Crippen LogP contribution is 2.43. The van der Waals surface area contributed by atoms with Gasteiger partial charge in [-0.25, -0.2) is 0 Å². The van der Waals surface area contributed by atoms with Crippen LogP contribution in [0.5, 0.6) is 11.5 Å². The minimum absolute atomic E-state index is 0.140. The van der Waals surface area contributed by atoms with Crippen molar-refractivity contribution in [2.75, 3.05) is 6.54 Å². The Balaban J connectivity index is 3.22. The van der Waals surface area contributed by atoms with Gasteiger partial charge in [0, 0.05) is 0 Å². The SMILES string of the molecule is CC(C)(C)[Si](C)(C)NCCc1ccc(O[Si](C)(C)C(C)(C)C)c(O[Si](C)(C)C(C)(C)C)c1. The van der Waals surface area contributed by atoms with Crippen LogP contribution in [0.3, 0.4) is 0 Å². The number of nitrogens with one attached hydrogen (secondary N) is 1. The highest BCUT2D eigenvalue weighted by atomic mass is 28.4. The molecule has 1 aromatic rings. The van der Waals surface area contributed by atoms with Crippen LogP contribution in [0, 0.1) is 0 Å². The Labute approximate surface area is 203 Å². The van der Waals surface area contributed by atoms with Crippen molar-refractivity contribution in [3.8, 4) is 11.5 Å². The molecule has 0 bridgehead atoms. The van der Waals surface area contributed by atoms with Gasteiger partial charge in [0.25, 0.3) is 16.6 Å². The lowest BCUT2D eigenvalue weighted by Gasteiger charge is -2.40. The van der Waals surface area contributed by atoms with E-state index < -0.39 is 24.9 Å². The molecule has 0 aromatic heterocycles. The lowest BCUT2D eigenvalue weighted by molar-refractivity contribution is 0.440. The average molecular weight is 496 g/mol. The van der Waals surface area contributed by atoms with Crippen LogP contribution < -0.4 is 13.8 Å². The Morgan fingerprint density at radius 1 is 0.656 bits per heavy atom. The zero-order valence-electron chi connectivity index (χ0n) is 24.0. The monoisotopic (exact) mass is 495 g/mol. The summed E-state index contributed by atoms with van der Waals surface area (Å²) in [6.07, 6.45) is 1.00. The number of hydrogen-bond donors (Lipinski definition) is 1. The molecule has 0 aliphatic heterocycles. The van der Waals surface area contributed by atoms with E-state index in [0.29, 0.717) is 5.04 Å². The van der Waals surface area contributed by atoms with Gasteiger partial charge in [-0.15, -0.1) is 0 Å². The van der Waals surface area contributed by atoms with E-state index in [0.717, 1.165) is 24.5 Å². The van der Waals surface area contributed by atoms with Crippen LogP contribution in [-0.4, -0.2) is 31.4 Å². The topological polar surface area (TPSA) is 30.5 Å². The van der Waals surface area contributed by atoms with Crippen molar-refractivity contribution in [2.45, 2.75) is 123 Å². The molecule has 0 aliphatic rings. The lowest BCUT2D eigenvalue weighted by Crippen LogP contribution is -2.52. The summed E-state index contributed by atoms with van der Waals surface area (Å²) in [5, 5.41) is 0.624. The highest BCUT2D eigenvalue weighted by molar-refractivity contribution is 6.77. The predicted molar refractivity (Wildman–Crippen MR) is 151 cm³/mol. The normalized spacial score (nSPS) is 14.5. The van der Waals surface area contributed by atoms with Crippen molar-refractivity contribution in [1.29, 1.82) is 0 Å². The van der Waals surface area contributed by atoms with Crippen molar-refractivity contribution in [3.63, 3.8) is 0 Å². The quantitative estimate of drug-likeness (QED) is 0.366. The molecule has 6 heteroatoms. The maximum atomic E-state index is 6.82. The minimum Gasteiger partial charge on any atom is -0.541 e. The van der Waals surface area contributed by atoms with Crippen LogP contribution in [0.25, 0.3) is 0 Å². The number of benzene rings is 1. The Bertz CT molecular complexity index is 767. The van der Waals surface area contributed by atoms with E-state index in [1.54, 1.807) is 0 Å². The van der Waals surface area contributed by atoms with E-state index in [2.05, 4.69) is 125 Å². The summed E-state index contributed by atoms with van der Waals surface area (Å²) in [6.45, 7) is 35.9. The molecule has 3 nitrogen and oxygen atoms in total. The third-order valence-corrected chi connectivity index (χ3v) is 21.8. The zero-order valence-corrected chi connectivity index (χ0v) is 27.0. The fourth-order valence-corrected chi connectivity index (χ4v) is 5.83. The molecule has 0 saturated heterocycles. The Kier molecular flexibility index (Phi) is 8.83. The molecule has 0 saturated carbocycles. The van der Waals surface area contributed by atoms with Gasteiger partial charge in [0.15, 0.2) is 0 Å². The molecule has 0 spiro atoms. The second kappa shape index (κ2) is 9.59. The van der Waals surface area contributed by atoms with Gasteiger partial charge in [-0.3, -0.25) is 0 Å². The van der Waals surface area contributed by atoms with Crippen LogP contribution >= 0.6 is 0 Å². The van der Waals surface area contributed by atoms with Gasteiger partial charge in [-0.1, -0.05) is 81.5 Å². The number of rotatable bonds is 8. The van der Waals surface area contributed by atoms with Crippen molar-refractivity contribution in [2.24, 2.45) is 0 Å². The summed E-state index contributed by atoms with van der Waals surface area (Å²) in [5.41, 5.74) is 1.31. The zero-order chi connectivity index (χ0) is 25.4. The molecule has 1 N–H and O–H groups in total. The molecule has 1 aromatic carbocycles. The second-order valence-electron chi connectivity index (χ2n) is 14.1. The maximum absolute atomic E-state index is 6.82. The van der Waals surface area contributed by atoms with E-state index in [1.165, 1.54) is 5.56 Å². The molecule has 0 radical (unpaired) electrons. The van der Waals surface area contributed by atoms with Gasteiger partial charge >= 0.3 is 0 Å². The Hall–Kier alpha value is -0.569. The van der Waals surface area contributed by atoms with E-state index >= 15 is 0 Å². The van der Waals surface area contributed by atoms with Crippen LogP contribution in [0.15, 0.2) is 18.2 Å². The Morgan fingerprint density at radius 2 is 1.09 bits per heavy atom. The van der Waals surface area contributed by atoms with Crippen molar-refractivity contribution < 1.29 is 8.85 Å². The van der Waals surface area contributed by atoms with Crippen molar-refractivity contribution in [3.05, 3.63) is 23.8 Å². The van der Waals surface area contributed by atoms with Crippen LogP contribution in [-0.2, 0) is 6.42 Å². The first kappa shape index (κ1) is 29.5. The molecule has 1 rings (SSSR count). The first-order valence-electron chi connectivity index (χ1n) is 12.3. The van der Waals surface area contributed by atoms with Crippen LogP contribution in [0.4, 0.5) is 0 Å².